The summed E-state index contributed by atoms with van der Waals surface area (Å²) in [5.74, 6) is 0.531. The van der Waals surface area contributed by atoms with Crippen LogP contribution >= 0.6 is 0 Å². The summed E-state index contributed by atoms with van der Waals surface area (Å²) < 4.78 is 33.0. The van der Waals surface area contributed by atoms with E-state index >= 15 is 0 Å². The molecule has 25 heavy (non-hydrogen) atoms. The maximum absolute atomic E-state index is 12.4. The number of nitrogens with zero attached hydrogens (tertiary/aromatic N) is 2. The predicted octanol–water partition coefficient (Wildman–Crippen LogP) is 1.54. The SMILES string of the molecule is Cc1ccc(S(=O)(=O)NCC2CN(CC(C)C)CCO2)cc1[N+](=O)[O-]. The van der Waals surface area contributed by atoms with E-state index in [2.05, 4.69) is 23.5 Å². The Hall–Kier alpha value is -1.55. The lowest BCUT2D eigenvalue weighted by Crippen LogP contribution is -2.48. The number of hydrogen-bond acceptors (Lipinski definition) is 6. The summed E-state index contributed by atoms with van der Waals surface area (Å²) in [6.07, 6.45) is -0.234. The van der Waals surface area contributed by atoms with E-state index < -0.39 is 14.9 Å². The molecule has 1 aromatic carbocycles. The maximum Gasteiger partial charge on any atom is 0.273 e. The molecular weight excluding hydrogens is 346 g/mol. The third-order valence-corrected chi connectivity index (χ3v) is 5.46. The number of sulfonamides is 1. The molecule has 8 nitrogen and oxygen atoms in total. The summed E-state index contributed by atoms with van der Waals surface area (Å²) in [4.78, 5) is 12.6. The molecule has 0 amide bonds. The van der Waals surface area contributed by atoms with Crippen LogP contribution < -0.4 is 4.72 Å². The first kappa shape index (κ1) is 19.8. The second kappa shape index (κ2) is 8.22. The summed E-state index contributed by atoms with van der Waals surface area (Å²) in [7, 11) is -3.83. The highest BCUT2D eigenvalue weighted by Gasteiger charge is 2.24. The normalized spacial score (nSPS) is 19.3. The largest absolute Gasteiger partial charge is 0.374 e. The Balaban J connectivity index is 2.02. The van der Waals surface area contributed by atoms with E-state index in [0.29, 0.717) is 24.6 Å². The van der Waals surface area contributed by atoms with Crippen LogP contribution in [0.2, 0.25) is 0 Å². The predicted molar refractivity (Wildman–Crippen MR) is 94.0 cm³/mol. The van der Waals surface area contributed by atoms with Gasteiger partial charge in [-0.2, -0.15) is 0 Å². The van der Waals surface area contributed by atoms with Crippen LogP contribution in [0.15, 0.2) is 23.1 Å². The van der Waals surface area contributed by atoms with Crippen molar-refractivity contribution in [3.05, 3.63) is 33.9 Å². The highest BCUT2D eigenvalue weighted by atomic mass is 32.2. The molecule has 2 rings (SSSR count). The molecule has 0 bridgehead atoms. The molecule has 0 spiro atoms. The molecule has 0 aliphatic carbocycles. The van der Waals surface area contributed by atoms with Gasteiger partial charge in [-0.15, -0.1) is 0 Å². The quantitative estimate of drug-likeness (QED) is 0.576. The van der Waals surface area contributed by atoms with E-state index in [1.165, 1.54) is 12.1 Å². The van der Waals surface area contributed by atoms with Crippen molar-refractivity contribution in [3.8, 4) is 0 Å². The Kier molecular flexibility index (Phi) is 6.50. The number of aryl methyl sites for hydroxylation is 1. The van der Waals surface area contributed by atoms with Crippen LogP contribution in [0.1, 0.15) is 19.4 Å². The van der Waals surface area contributed by atoms with Crippen LogP contribution in [0.4, 0.5) is 5.69 Å². The van der Waals surface area contributed by atoms with Crippen molar-refractivity contribution in [3.63, 3.8) is 0 Å². The third kappa shape index (κ3) is 5.46. The fraction of sp³-hybridized carbons (Fsp3) is 0.625. The van der Waals surface area contributed by atoms with E-state index in [9.17, 15) is 18.5 Å². The Morgan fingerprint density at radius 1 is 1.44 bits per heavy atom. The van der Waals surface area contributed by atoms with Crippen molar-refractivity contribution in [2.45, 2.75) is 31.8 Å². The number of morpholine rings is 1. The summed E-state index contributed by atoms with van der Waals surface area (Å²) >= 11 is 0. The average molecular weight is 371 g/mol. The van der Waals surface area contributed by atoms with Crippen molar-refractivity contribution in [2.24, 2.45) is 5.92 Å². The molecular formula is C16H25N3O5S. The van der Waals surface area contributed by atoms with Gasteiger partial charge in [0.25, 0.3) is 5.69 Å². The zero-order chi connectivity index (χ0) is 18.6. The van der Waals surface area contributed by atoms with Gasteiger partial charge in [-0.3, -0.25) is 15.0 Å². The summed E-state index contributed by atoms with van der Waals surface area (Å²) in [5, 5.41) is 11.0. The molecule has 1 fully saturated rings. The number of nitrogens with one attached hydrogen (secondary N) is 1. The number of nitro benzene ring substituents is 1. The zero-order valence-corrected chi connectivity index (χ0v) is 15.6. The van der Waals surface area contributed by atoms with Crippen LogP contribution in [-0.4, -0.2) is 57.1 Å². The van der Waals surface area contributed by atoms with Crippen molar-refractivity contribution in [1.29, 1.82) is 0 Å². The number of benzene rings is 1. The fourth-order valence-electron chi connectivity index (χ4n) is 2.83. The van der Waals surface area contributed by atoms with Gasteiger partial charge in [0.2, 0.25) is 10.0 Å². The molecule has 0 aromatic heterocycles. The lowest BCUT2D eigenvalue weighted by molar-refractivity contribution is -0.385. The Morgan fingerprint density at radius 2 is 2.16 bits per heavy atom. The van der Waals surface area contributed by atoms with Crippen molar-refractivity contribution in [1.82, 2.24) is 9.62 Å². The molecule has 1 unspecified atom stereocenters. The minimum Gasteiger partial charge on any atom is -0.374 e. The number of hydrogen-bond donors (Lipinski definition) is 1. The van der Waals surface area contributed by atoms with Gasteiger partial charge in [0.05, 0.1) is 22.5 Å². The lowest BCUT2D eigenvalue weighted by Gasteiger charge is -2.33. The number of rotatable bonds is 7. The van der Waals surface area contributed by atoms with Gasteiger partial charge >= 0.3 is 0 Å². The van der Waals surface area contributed by atoms with Gasteiger partial charge in [0.1, 0.15) is 0 Å². The van der Waals surface area contributed by atoms with Crippen LogP contribution in [-0.2, 0) is 14.8 Å². The molecule has 1 aromatic rings. The third-order valence-electron chi connectivity index (χ3n) is 4.03. The first-order valence-electron chi connectivity index (χ1n) is 8.27. The molecule has 140 valence electrons. The van der Waals surface area contributed by atoms with Crippen molar-refractivity contribution < 1.29 is 18.1 Å². The molecule has 0 radical (unpaired) electrons. The summed E-state index contributed by atoms with van der Waals surface area (Å²) in [6, 6.07) is 3.90. The van der Waals surface area contributed by atoms with Crippen LogP contribution in [0.25, 0.3) is 0 Å². The van der Waals surface area contributed by atoms with Gasteiger partial charge in [0.15, 0.2) is 0 Å². The first-order valence-corrected chi connectivity index (χ1v) is 9.76. The summed E-state index contributed by atoms with van der Waals surface area (Å²) in [6.45, 7) is 8.99. The van der Waals surface area contributed by atoms with Gasteiger partial charge in [-0.25, -0.2) is 13.1 Å². The van der Waals surface area contributed by atoms with E-state index in [4.69, 9.17) is 4.74 Å². The maximum atomic E-state index is 12.4. The lowest BCUT2D eigenvalue weighted by atomic mass is 10.2. The Labute approximate surface area is 148 Å². The molecule has 1 aliphatic heterocycles. The topological polar surface area (TPSA) is 102 Å². The zero-order valence-electron chi connectivity index (χ0n) is 14.8. The van der Waals surface area contributed by atoms with Gasteiger partial charge in [-0.1, -0.05) is 19.9 Å². The number of ether oxygens (including phenoxy) is 1. The van der Waals surface area contributed by atoms with Crippen LogP contribution in [0.5, 0.6) is 0 Å². The van der Waals surface area contributed by atoms with Crippen molar-refractivity contribution in [2.75, 3.05) is 32.8 Å². The standard InChI is InChI=1S/C16H25N3O5S/c1-12(2)10-18-6-7-24-14(11-18)9-17-25(22,23)15-5-4-13(3)16(8-15)19(20)21/h4-5,8,12,14,17H,6-7,9-11H2,1-3H3. The minimum absolute atomic E-state index is 0.111. The highest BCUT2D eigenvalue weighted by molar-refractivity contribution is 7.89. The molecule has 9 heteroatoms. The van der Waals surface area contributed by atoms with Gasteiger partial charge in [-0.05, 0) is 18.9 Å². The summed E-state index contributed by atoms with van der Waals surface area (Å²) in [5.41, 5.74) is 0.212. The second-order valence-corrected chi connectivity index (χ2v) is 8.47. The highest BCUT2D eigenvalue weighted by Crippen LogP contribution is 2.22. The van der Waals surface area contributed by atoms with Crippen LogP contribution in [0, 0.1) is 23.0 Å². The number of nitro groups is 1. The first-order chi connectivity index (χ1) is 11.7. The van der Waals surface area contributed by atoms with Gasteiger partial charge < -0.3 is 4.74 Å². The van der Waals surface area contributed by atoms with Crippen LogP contribution in [0.3, 0.4) is 0 Å². The van der Waals surface area contributed by atoms with E-state index in [-0.39, 0.29) is 23.2 Å². The molecule has 1 atom stereocenters. The Bertz CT molecular complexity index is 720. The monoisotopic (exact) mass is 371 g/mol. The molecule has 1 saturated heterocycles. The van der Waals surface area contributed by atoms with E-state index in [1.807, 2.05) is 0 Å². The fourth-order valence-corrected chi connectivity index (χ4v) is 3.91. The minimum atomic E-state index is -3.83. The van der Waals surface area contributed by atoms with Crippen molar-refractivity contribution >= 4 is 15.7 Å². The van der Waals surface area contributed by atoms with Gasteiger partial charge in [0, 0.05) is 37.8 Å². The molecule has 1 N–H and O–H groups in total. The molecule has 0 saturated carbocycles. The second-order valence-electron chi connectivity index (χ2n) is 6.70. The average Bonchev–Trinajstić information content (AvgIpc) is 2.53. The smallest absolute Gasteiger partial charge is 0.273 e. The van der Waals surface area contributed by atoms with E-state index in [0.717, 1.165) is 19.2 Å². The van der Waals surface area contributed by atoms with E-state index in [1.54, 1.807) is 6.92 Å². The Morgan fingerprint density at radius 3 is 2.80 bits per heavy atom. The molecule has 1 aliphatic rings. The molecule has 1 heterocycles.